The second kappa shape index (κ2) is 7.24. The molecule has 0 unspecified atom stereocenters. The van der Waals surface area contributed by atoms with Gasteiger partial charge < -0.3 is 4.74 Å². The highest BCUT2D eigenvalue weighted by Gasteiger charge is 2.11. The number of ether oxygens (including phenoxy) is 1. The molecule has 2 aromatic carbocycles. The average Bonchev–Trinajstić information content (AvgIpc) is 3.07. The van der Waals surface area contributed by atoms with Crippen molar-refractivity contribution < 1.29 is 9.66 Å². The highest BCUT2D eigenvalue weighted by molar-refractivity contribution is 5.33. The second-order valence-electron chi connectivity index (χ2n) is 5.84. The zero-order valence-corrected chi connectivity index (χ0v) is 13.0. The van der Waals surface area contributed by atoms with Crippen molar-refractivity contribution in [3.8, 4) is 5.75 Å². The minimum Gasteiger partial charge on any atom is -0.489 e. The normalized spacial score (nSPS) is 14.8. The molecule has 120 valence electrons. The SMILES string of the molecule is O=[N+]([O-])c1ccc(COc2ccc(CN3CCCC3)cc2)cc1. The lowest BCUT2D eigenvalue weighted by Crippen LogP contribution is -2.18. The lowest BCUT2D eigenvalue weighted by Gasteiger charge is -2.14. The summed E-state index contributed by atoms with van der Waals surface area (Å²) in [6, 6.07) is 14.6. The summed E-state index contributed by atoms with van der Waals surface area (Å²) in [5, 5.41) is 10.6. The van der Waals surface area contributed by atoms with Crippen molar-refractivity contribution in [1.29, 1.82) is 0 Å². The van der Waals surface area contributed by atoms with E-state index in [1.165, 1.54) is 43.6 Å². The van der Waals surface area contributed by atoms with Crippen LogP contribution in [0.1, 0.15) is 24.0 Å². The first-order valence-corrected chi connectivity index (χ1v) is 7.88. The maximum Gasteiger partial charge on any atom is 0.269 e. The van der Waals surface area contributed by atoms with Crippen molar-refractivity contribution in [3.63, 3.8) is 0 Å². The molecule has 0 atom stereocenters. The van der Waals surface area contributed by atoms with E-state index in [0.717, 1.165) is 17.9 Å². The first-order valence-electron chi connectivity index (χ1n) is 7.88. The van der Waals surface area contributed by atoms with Crippen LogP contribution >= 0.6 is 0 Å². The maximum atomic E-state index is 10.6. The van der Waals surface area contributed by atoms with Gasteiger partial charge in [-0.15, -0.1) is 0 Å². The first kappa shape index (κ1) is 15.5. The summed E-state index contributed by atoms with van der Waals surface area (Å²) < 4.78 is 5.73. The van der Waals surface area contributed by atoms with Gasteiger partial charge in [0, 0.05) is 18.7 Å². The van der Waals surface area contributed by atoms with Crippen LogP contribution in [0.3, 0.4) is 0 Å². The maximum absolute atomic E-state index is 10.6. The predicted molar refractivity (Wildman–Crippen MR) is 88.4 cm³/mol. The van der Waals surface area contributed by atoms with E-state index in [0.29, 0.717) is 6.61 Å². The van der Waals surface area contributed by atoms with E-state index >= 15 is 0 Å². The van der Waals surface area contributed by atoms with Crippen molar-refractivity contribution in [1.82, 2.24) is 4.90 Å². The molecule has 0 spiro atoms. The van der Waals surface area contributed by atoms with Crippen LogP contribution in [0.15, 0.2) is 48.5 Å². The van der Waals surface area contributed by atoms with E-state index in [1.807, 2.05) is 12.1 Å². The monoisotopic (exact) mass is 312 g/mol. The van der Waals surface area contributed by atoms with E-state index in [9.17, 15) is 10.1 Å². The zero-order valence-electron chi connectivity index (χ0n) is 13.0. The summed E-state index contributed by atoms with van der Waals surface area (Å²) in [6.07, 6.45) is 2.60. The van der Waals surface area contributed by atoms with E-state index in [4.69, 9.17) is 4.74 Å². The Hall–Kier alpha value is -2.40. The number of nitro benzene ring substituents is 1. The third-order valence-electron chi connectivity index (χ3n) is 4.08. The number of likely N-dealkylation sites (tertiary alicyclic amines) is 1. The van der Waals surface area contributed by atoms with Gasteiger partial charge in [-0.25, -0.2) is 0 Å². The summed E-state index contributed by atoms with van der Waals surface area (Å²) in [5.74, 6) is 0.813. The lowest BCUT2D eigenvalue weighted by molar-refractivity contribution is -0.384. The van der Waals surface area contributed by atoms with Crippen molar-refractivity contribution in [3.05, 3.63) is 69.8 Å². The van der Waals surface area contributed by atoms with Crippen molar-refractivity contribution >= 4 is 5.69 Å². The number of rotatable bonds is 6. The van der Waals surface area contributed by atoms with Gasteiger partial charge in [0.2, 0.25) is 0 Å². The standard InChI is InChI=1S/C18H20N2O3/c21-20(22)17-7-3-16(4-8-17)14-23-18-9-5-15(6-10-18)13-19-11-1-2-12-19/h3-10H,1-2,11-14H2. The van der Waals surface area contributed by atoms with Gasteiger partial charge in [-0.3, -0.25) is 15.0 Å². The molecule has 3 rings (SSSR count). The van der Waals surface area contributed by atoms with E-state index in [2.05, 4.69) is 17.0 Å². The first-order chi connectivity index (χ1) is 11.2. The second-order valence-corrected chi connectivity index (χ2v) is 5.84. The van der Waals surface area contributed by atoms with Crippen LogP contribution in [0.5, 0.6) is 5.75 Å². The largest absolute Gasteiger partial charge is 0.489 e. The third kappa shape index (κ3) is 4.29. The van der Waals surface area contributed by atoms with Crippen LogP contribution in [0.2, 0.25) is 0 Å². The minimum atomic E-state index is -0.399. The molecule has 0 radical (unpaired) electrons. The molecule has 23 heavy (non-hydrogen) atoms. The summed E-state index contributed by atoms with van der Waals surface area (Å²) in [5.41, 5.74) is 2.31. The molecule has 1 aliphatic heterocycles. The smallest absolute Gasteiger partial charge is 0.269 e. The number of nitrogens with zero attached hydrogens (tertiary/aromatic N) is 2. The van der Waals surface area contributed by atoms with Gasteiger partial charge in [-0.05, 0) is 61.3 Å². The Morgan fingerprint density at radius 2 is 1.57 bits per heavy atom. The van der Waals surface area contributed by atoms with Crippen LogP contribution in [0, 0.1) is 10.1 Å². The van der Waals surface area contributed by atoms with E-state index in [-0.39, 0.29) is 5.69 Å². The molecular weight excluding hydrogens is 292 g/mol. The molecule has 2 aromatic rings. The Bertz CT molecular complexity index is 647. The van der Waals surface area contributed by atoms with Gasteiger partial charge in [0.05, 0.1) is 4.92 Å². The molecule has 1 fully saturated rings. The molecule has 0 aliphatic carbocycles. The minimum absolute atomic E-state index is 0.0972. The van der Waals surface area contributed by atoms with Crippen LogP contribution in [-0.4, -0.2) is 22.9 Å². The molecule has 0 bridgehead atoms. The fraction of sp³-hybridized carbons (Fsp3) is 0.333. The molecule has 0 saturated carbocycles. The Labute approximate surface area is 135 Å². The lowest BCUT2D eigenvalue weighted by atomic mass is 10.2. The van der Waals surface area contributed by atoms with Crippen LogP contribution in [0.4, 0.5) is 5.69 Å². The fourth-order valence-corrected chi connectivity index (χ4v) is 2.77. The van der Waals surface area contributed by atoms with Gasteiger partial charge in [-0.2, -0.15) is 0 Å². The molecule has 5 heteroatoms. The molecule has 5 nitrogen and oxygen atoms in total. The van der Waals surface area contributed by atoms with Gasteiger partial charge in [0.1, 0.15) is 12.4 Å². The number of benzene rings is 2. The molecule has 1 heterocycles. The average molecular weight is 312 g/mol. The van der Waals surface area contributed by atoms with Crippen molar-refractivity contribution in [2.75, 3.05) is 13.1 Å². The van der Waals surface area contributed by atoms with Crippen LogP contribution in [-0.2, 0) is 13.2 Å². The number of non-ortho nitro benzene ring substituents is 1. The predicted octanol–water partition coefficient (Wildman–Crippen LogP) is 3.77. The molecule has 0 amide bonds. The van der Waals surface area contributed by atoms with Crippen LogP contribution in [0.25, 0.3) is 0 Å². The number of nitro groups is 1. The van der Waals surface area contributed by atoms with Gasteiger partial charge in [0.25, 0.3) is 5.69 Å². The van der Waals surface area contributed by atoms with Crippen molar-refractivity contribution in [2.24, 2.45) is 0 Å². The van der Waals surface area contributed by atoms with E-state index in [1.54, 1.807) is 12.1 Å². The Morgan fingerprint density at radius 1 is 0.957 bits per heavy atom. The molecule has 1 saturated heterocycles. The zero-order chi connectivity index (χ0) is 16.1. The van der Waals surface area contributed by atoms with Gasteiger partial charge in [0.15, 0.2) is 0 Å². The highest BCUT2D eigenvalue weighted by Crippen LogP contribution is 2.18. The number of hydrogen-bond donors (Lipinski definition) is 0. The highest BCUT2D eigenvalue weighted by atomic mass is 16.6. The Kier molecular flexibility index (Phi) is 4.88. The molecule has 1 aliphatic rings. The summed E-state index contributed by atoms with van der Waals surface area (Å²) in [4.78, 5) is 12.7. The van der Waals surface area contributed by atoms with E-state index < -0.39 is 4.92 Å². The third-order valence-corrected chi connectivity index (χ3v) is 4.08. The topological polar surface area (TPSA) is 55.6 Å². The summed E-state index contributed by atoms with van der Waals surface area (Å²) in [6.45, 7) is 3.79. The quantitative estimate of drug-likeness (QED) is 0.602. The molecule has 0 aromatic heterocycles. The summed E-state index contributed by atoms with van der Waals surface area (Å²) in [7, 11) is 0. The Balaban J connectivity index is 1.52. The molecule has 0 N–H and O–H groups in total. The molecular formula is C18H20N2O3. The van der Waals surface area contributed by atoms with Gasteiger partial charge >= 0.3 is 0 Å². The van der Waals surface area contributed by atoms with Crippen LogP contribution < -0.4 is 4.74 Å². The fourth-order valence-electron chi connectivity index (χ4n) is 2.77. The van der Waals surface area contributed by atoms with Gasteiger partial charge in [-0.1, -0.05) is 12.1 Å². The van der Waals surface area contributed by atoms with Crippen molar-refractivity contribution in [2.45, 2.75) is 26.0 Å². The Morgan fingerprint density at radius 3 is 2.17 bits per heavy atom. The summed E-state index contributed by atoms with van der Waals surface area (Å²) >= 11 is 0. The number of hydrogen-bond acceptors (Lipinski definition) is 4.